The quantitative estimate of drug-likeness (QED) is 0.869. The highest BCUT2D eigenvalue weighted by Crippen LogP contribution is 2.46. The molecule has 94 valence electrons. The lowest BCUT2D eigenvalue weighted by atomic mass is 9.96. The molecule has 1 aromatic carbocycles. The Bertz CT molecular complexity index is 594. The second-order valence-corrected chi connectivity index (χ2v) is 7.50. The number of fused-ring (bicyclic) bond motifs is 3. The molecule has 1 N–H and O–H groups in total. The summed E-state index contributed by atoms with van der Waals surface area (Å²) in [6.45, 7) is 0. The van der Waals surface area contributed by atoms with E-state index in [4.69, 9.17) is 4.98 Å². The number of hydrogen-bond donors (Lipinski definition) is 1. The third-order valence-electron chi connectivity index (χ3n) is 4.40. The first kappa shape index (κ1) is 11.2. The third-order valence-corrected chi connectivity index (χ3v) is 5.86. The second kappa shape index (κ2) is 4.20. The Morgan fingerprint density at radius 2 is 2.22 bits per heavy atom. The van der Waals surface area contributed by atoms with E-state index in [2.05, 4.69) is 39.4 Å². The molecule has 18 heavy (non-hydrogen) atoms. The van der Waals surface area contributed by atoms with E-state index in [-0.39, 0.29) is 0 Å². The molecule has 2 aliphatic carbocycles. The summed E-state index contributed by atoms with van der Waals surface area (Å²) in [6, 6.07) is 7.00. The van der Waals surface area contributed by atoms with Crippen molar-refractivity contribution in [2.75, 3.05) is 5.32 Å². The van der Waals surface area contributed by atoms with Gasteiger partial charge in [-0.15, -0.1) is 0 Å². The summed E-state index contributed by atoms with van der Waals surface area (Å²) in [5.74, 6) is 1.88. The minimum atomic E-state index is 0.674. The van der Waals surface area contributed by atoms with Crippen molar-refractivity contribution in [2.24, 2.45) is 11.8 Å². The summed E-state index contributed by atoms with van der Waals surface area (Å²) in [4.78, 5) is 4.70. The largest absolute Gasteiger partial charge is 0.358 e. The Balaban J connectivity index is 1.59. The van der Waals surface area contributed by atoms with Crippen LogP contribution >= 0.6 is 27.3 Å². The number of anilines is 1. The Hall–Kier alpha value is -0.610. The van der Waals surface area contributed by atoms with E-state index in [9.17, 15) is 0 Å². The van der Waals surface area contributed by atoms with Gasteiger partial charge in [0.1, 0.15) is 0 Å². The van der Waals surface area contributed by atoms with E-state index >= 15 is 0 Å². The molecule has 0 radical (unpaired) electrons. The van der Waals surface area contributed by atoms with Crippen molar-refractivity contribution in [2.45, 2.75) is 31.7 Å². The maximum absolute atomic E-state index is 4.70. The number of aromatic nitrogens is 1. The third kappa shape index (κ3) is 1.86. The van der Waals surface area contributed by atoms with Crippen LogP contribution in [0.1, 0.15) is 25.7 Å². The molecule has 4 heteroatoms. The molecule has 0 aliphatic heterocycles. The number of benzene rings is 1. The van der Waals surface area contributed by atoms with Gasteiger partial charge in [0.25, 0.3) is 0 Å². The van der Waals surface area contributed by atoms with Crippen molar-refractivity contribution in [3.8, 4) is 0 Å². The summed E-state index contributed by atoms with van der Waals surface area (Å²) in [7, 11) is 0. The SMILES string of the molecule is Brc1ccc2sc(NC3CC4CCC3C4)nc2c1. The van der Waals surface area contributed by atoms with Crippen LogP contribution in [-0.2, 0) is 0 Å². The molecule has 2 bridgehead atoms. The molecule has 2 aliphatic rings. The van der Waals surface area contributed by atoms with Crippen LogP contribution in [0.4, 0.5) is 5.13 Å². The van der Waals surface area contributed by atoms with Gasteiger partial charge in [0, 0.05) is 10.5 Å². The van der Waals surface area contributed by atoms with E-state index in [1.165, 1.54) is 30.4 Å². The highest BCUT2D eigenvalue weighted by atomic mass is 79.9. The minimum Gasteiger partial charge on any atom is -0.358 e. The Morgan fingerprint density at radius 3 is 3.00 bits per heavy atom. The van der Waals surface area contributed by atoms with Crippen molar-refractivity contribution in [1.29, 1.82) is 0 Å². The molecule has 3 unspecified atom stereocenters. The fourth-order valence-electron chi connectivity index (χ4n) is 3.54. The van der Waals surface area contributed by atoms with Crippen LogP contribution < -0.4 is 5.32 Å². The molecule has 2 nitrogen and oxygen atoms in total. The number of halogens is 1. The summed E-state index contributed by atoms with van der Waals surface area (Å²) in [5, 5.41) is 4.77. The van der Waals surface area contributed by atoms with Gasteiger partial charge in [-0.3, -0.25) is 0 Å². The van der Waals surface area contributed by atoms with Gasteiger partial charge in [0.2, 0.25) is 0 Å². The minimum absolute atomic E-state index is 0.674. The zero-order valence-electron chi connectivity index (χ0n) is 10.0. The zero-order valence-corrected chi connectivity index (χ0v) is 12.4. The number of nitrogens with zero attached hydrogens (tertiary/aromatic N) is 1. The van der Waals surface area contributed by atoms with Gasteiger partial charge in [-0.05, 0) is 49.3 Å². The summed E-state index contributed by atoms with van der Waals surface area (Å²) in [6.07, 6.45) is 5.66. The number of thiazole rings is 1. The van der Waals surface area contributed by atoms with Crippen LogP contribution in [0.15, 0.2) is 22.7 Å². The van der Waals surface area contributed by atoms with Gasteiger partial charge in [-0.2, -0.15) is 0 Å². The fraction of sp³-hybridized carbons (Fsp3) is 0.500. The highest BCUT2D eigenvalue weighted by molar-refractivity contribution is 9.10. The van der Waals surface area contributed by atoms with Gasteiger partial charge >= 0.3 is 0 Å². The molecule has 2 fully saturated rings. The molecule has 2 saturated carbocycles. The Labute approximate surface area is 119 Å². The van der Waals surface area contributed by atoms with E-state index in [1.54, 1.807) is 11.3 Å². The van der Waals surface area contributed by atoms with Crippen LogP contribution in [-0.4, -0.2) is 11.0 Å². The topological polar surface area (TPSA) is 24.9 Å². The summed E-state index contributed by atoms with van der Waals surface area (Å²) < 4.78 is 2.37. The molecule has 2 aromatic rings. The average Bonchev–Trinajstić information content (AvgIpc) is 3.02. The smallest absolute Gasteiger partial charge is 0.184 e. The summed E-state index contributed by atoms with van der Waals surface area (Å²) >= 11 is 5.28. The first-order valence-corrected chi connectivity index (χ1v) is 8.21. The Kier molecular flexibility index (Phi) is 2.62. The molecule has 0 amide bonds. The molecule has 0 saturated heterocycles. The molecular weight excluding hydrogens is 308 g/mol. The van der Waals surface area contributed by atoms with Crippen molar-refractivity contribution in [3.63, 3.8) is 0 Å². The number of rotatable bonds is 2. The van der Waals surface area contributed by atoms with Crippen molar-refractivity contribution in [3.05, 3.63) is 22.7 Å². The highest BCUT2D eigenvalue weighted by Gasteiger charge is 2.39. The van der Waals surface area contributed by atoms with E-state index in [1.807, 2.05) is 0 Å². The molecule has 1 aromatic heterocycles. The first-order valence-electron chi connectivity index (χ1n) is 6.60. The van der Waals surface area contributed by atoms with E-state index < -0.39 is 0 Å². The maximum Gasteiger partial charge on any atom is 0.184 e. The van der Waals surface area contributed by atoms with Gasteiger partial charge < -0.3 is 5.32 Å². The second-order valence-electron chi connectivity index (χ2n) is 5.56. The monoisotopic (exact) mass is 322 g/mol. The maximum atomic E-state index is 4.70. The average molecular weight is 323 g/mol. The lowest BCUT2D eigenvalue weighted by Gasteiger charge is -2.22. The van der Waals surface area contributed by atoms with E-state index in [0.29, 0.717) is 6.04 Å². The van der Waals surface area contributed by atoms with Crippen LogP contribution in [0.25, 0.3) is 10.2 Å². The predicted octanol–water partition coefficient (Wildman–Crippen LogP) is 4.66. The van der Waals surface area contributed by atoms with Crippen LogP contribution in [0.3, 0.4) is 0 Å². The predicted molar refractivity (Wildman–Crippen MR) is 80.2 cm³/mol. The van der Waals surface area contributed by atoms with E-state index in [0.717, 1.165) is 27.0 Å². The molecule has 3 atom stereocenters. The molecule has 4 rings (SSSR count). The van der Waals surface area contributed by atoms with Crippen molar-refractivity contribution in [1.82, 2.24) is 4.98 Å². The lowest BCUT2D eigenvalue weighted by Crippen LogP contribution is -2.25. The van der Waals surface area contributed by atoms with Crippen LogP contribution in [0.5, 0.6) is 0 Å². The van der Waals surface area contributed by atoms with Crippen molar-refractivity contribution < 1.29 is 0 Å². The standard InChI is InChI=1S/C14H15BrN2S/c15-10-3-4-13-12(7-10)17-14(18-13)16-11-6-8-1-2-9(11)5-8/h3-4,7-9,11H,1-2,5-6H2,(H,16,17). The fourth-order valence-corrected chi connectivity index (χ4v) is 4.80. The van der Waals surface area contributed by atoms with Crippen LogP contribution in [0, 0.1) is 11.8 Å². The number of nitrogens with one attached hydrogen (secondary N) is 1. The van der Waals surface area contributed by atoms with Gasteiger partial charge in [0.15, 0.2) is 5.13 Å². The normalized spacial score (nSPS) is 30.2. The first-order chi connectivity index (χ1) is 8.78. The number of hydrogen-bond acceptors (Lipinski definition) is 3. The van der Waals surface area contributed by atoms with Gasteiger partial charge in [-0.25, -0.2) is 4.98 Å². The van der Waals surface area contributed by atoms with Gasteiger partial charge in [0.05, 0.1) is 10.2 Å². The Morgan fingerprint density at radius 1 is 1.28 bits per heavy atom. The molecule has 0 spiro atoms. The zero-order chi connectivity index (χ0) is 12.1. The van der Waals surface area contributed by atoms with Crippen LogP contribution in [0.2, 0.25) is 0 Å². The van der Waals surface area contributed by atoms with Gasteiger partial charge in [-0.1, -0.05) is 33.7 Å². The van der Waals surface area contributed by atoms with Crippen molar-refractivity contribution >= 4 is 42.6 Å². The lowest BCUT2D eigenvalue weighted by molar-refractivity contribution is 0.439. The molecular formula is C14H15BrN2S. The molecule has 1 heterocycles. The summed E-state index contributed by atoms with van der Waals surface area (Å²) in [5.41, 5.74) is 1.10.